The third-order valence-corrected chi connectivity index (χ3v) is 4.95. The number of hydrogen-bond donors (Lipinski definition) is 0. The first-order chi connectivity index (χ1) is 14.1. The Morgan fingerprint density at radius 3 is 2.31 bits per heavy atom. The Balaban J connectivity index is 1.74. The largest absolute Gasteiger partial charge is 0.497 e. The molecule has 2 amide bonds. The molecule has 144 valence electrons. The number of anilines is 1. The molecule has 0 bridgehead atoms. The molecule has 3 aromatic rings. The molecule has 0 saturated heterocycles. The van der Waals surface area contributed by atoms with Crippen molar-refractivity contribution in [3.05, 3.63) is 89.5 Å². The van der Waals surface area contributed by atoms with Crippen molar-refractivity contribution in [2.45, 2.75) is 12.8 Å². The van der Waals surface area contributed by atoms with Crippen LogP contribution in [-0.2, 0) is 4.79 Å². The van der Waals surface area contributed by atoms with Crippen LogP contribution in [0, 0.1) is 6.92 Å². The number of fused-ring (bicyclic) bond motifs is 1. The number of methoxy groups -OCH3 is 1. The second-order valence-corrected chi connectivity index (χ2v) is 6.86. The summed E-state index contributed by atoms with van der Waals surface area (Å²) in [4.78, 5) is 32.1. The number of hydrogen-bond acceptors (Lipinski definition) is 4. The maximum Gasteiger partial charge on any atom is 0.265 e. The molecule has 1 heterocycles. The molecule has 29 heavy (non-hydrogen) atoms. The van der Waals surface area contributed by atoms with E-state index in [-0.39, 0.29) is 11.8 Å². The maximum absolute atomic E-state index is 13.3. The van der Waals surface area contributed by atoms with E-state index in [9.17, 15) is 9.59 Å². The van der Waals surface area contributed by atoms with Crippen LogP contribution in [0.3, 0.4) is 0 Å². The summed E-state index contributed by atoms with van der Waals surface area (Å²) in [6, 6.07) is 21.8. The molecule has 5 nitrogen and oxygen atoms in total. The second-order valence-electron chi connectivity index (χ2n) is 6.86. The quantitative estimate of drug-likeness (QED) is 0.485. The molecule has 1 atom stereocenters. The van der Waals surface area contributed by atoms with Crippen molar-refractivity contribution in [1.82, 2.24) is 0 Å². The van der Waals surface area contributed by atoms with E-state index in [2.05, 4.69) is 4.99 Å². The van der Waals surface area contributed by atoms with E-state index >= 15 is 0 Å². The highest BCUT2D eigenvalue weighted by molar-refractivity contribution is 6.29. The van der Waals surface area contributed by atoms with Crippen LogP contribution in [0.5, 0.6) is 5.75 Å². The zero-order chi connectivity index (χ0) is 20.4. The molecule has 0 aromatic heterocycles. The lowest BCUT2D eigenvalue weighted by Crippen LogP contribution is -2.45. The highest BCUT2D eigenvalue weighted by Crippen LogP contribution is 2.32. The lowest BCUT2D eigenvalue weighted by atomic mass is 9.89. The first kappa shape index (κ1) is 18.6. The van der Waals surface area contributed by atoms with E-state index in [4.69, 9.17) is 4.74 Å². The van der Waals surface area contributed by atoms with E-state index in [1.807, 2.05) is 55.5 Å². The average Bonchev–Trinajstić information content (AvgIpc) is 2.75. The molecule has 0 fully saturated rings. The van der Waals surface area contributed by atoms with Gasteiger partial charge in [0.05, 0.1) is 18.5 Å². The fourth-order valence-corrected chi connectivity index (χ4v) is 3.37. The summed E-state index contributed by atoms with van der Waals surface area (Å²) in [5.74, 6) is -0.537. The Morgan fingerprint density at radius 2 is 1.62 bits per heavy atom. The number of imide groups is 1. The van der Waals surface area contributed by atoms with Gasteiger partial charge in [-0.2, -0.15) is 0 Å². The number of nitrogens with zero attached hydrogens (tertiary/aromatic N) is 2. The minimum absolute atomic E-state index is 0.310. The van der Waals surface area contributed by atoms with Crippen LogP contribution in [0.25, 0.3) is 0 Å². The molecule has 0 aliphatic carbocycles. The molecule has 0 N–H and O–H groups in total. The van der Waals surface area contributed by atoms with Crippen LogP contribution in [0.1, 0.15) is 27.4 Å². The average molecular weight is 384 g/mol. The number of amides is 2. The minimum atomic E-state index is -0.646. The van der Waals surface area contributed by atoms with Gasteiger partial charge in [0.15, 0.2) is 0 Å². The van der Waals surface area contributed by atoms with Crippen LogP contribution >= 0.6 is 0 Å². The summed E-state index contributed by atoms with van der Waals surface area (Å²) in [7, 11) is 1.60. The fraction of sp³-hybridized carbons (Fsp3) is 0.125. The van der Waals surface area contributed by atoms with Crippen LogP contribution in [0.2, 0.25) is 0 Å². The second kappa shape index (κ2) is 7.72. The van der Waals surface area contributed by atoms with Crippen molar-refractivity contribution in [1.29, 1.82) is 0 Å². The van der Waals surface area contributed by atoms with Gasteiger partial charge in [0.2, 0.25) is 5.91 Å². The number of carbonyl (C=O) groups excluding carboxylic acids is 2. The fourth-order valence-electron chi connectivity index (χ4n) is 3.37. The maximum atomic E-state index is 13.3. The predicted octanol–water partition coefficient (Wildman–Crippen LogP) is 4.68. The SMILES string of the molecule is COc1ccc(N=CC2C(=O)N(c3ccc(C)cc3)C(=O)c3ccccc32)cc1. The Morgan fingerprint density at radius 1 is 0.931 bits per heavy atom. The summed E-state index contributed by atoms with van der Waals surface area (Å²) >= 11 is 0. The molecule has 0 spiro atoms. The van der Waals surface area contributed by atoms with Gasteiger partial charge in [-0.3, -0.25) is 14.6 Å². The third-order valence-electron chi connectivity index (χ3n) is 4.95. The van der Waals surface area contributed by atoms with Gasteiger partial charge in [0.1, 0.15) is 11.7 Å². The topological polar surface area (TPSA) is 59.0 Å². The van der Waals surface area contributed by atoms with Gasteiger partial charge >= 0.3 is 0 Å². The van der Waals surface area contributed by atoms with Crippen molar-refractivity contribution < 1.29 is 14.3 Å². The monoisotopic (exact) mass is 384 g/mol. The molecular formula is C24H20N2O3. The van der Waals surface area contributed by atoms with Crippen LogP contribution in [0.15, 0.2) is 77.8 Å². The number of aryl methyl sites for hydroxylation is 1. The number of aliphatic imine (C=N–C) groups is 1. The summed E-state index contributed by atoms with van der Waals surface area (Å²) in [6.07, 6.45) is 1.61. The molecule has 1 aliphatic heterocycles. The van der Waals surface area contributed by atoms with Gasteiger partial charge in [0, 0.05) is 11.8 Å². The standard InChI is InChI=1S/C24H20N2O3/c1-16-7-11-18(12-8-16)26-23(27)21-6-4-3-5-20(21)22(24(26)28)15-25-17-9-13-19(29-2)14-10-17/h3-15,22H,1-2H3. The van der Waals surface area contributed by atoms with Gasteiger partial charge in [-0.1, -0.05) is 35.9 Å². The van der Waals surface area contributed by atoms with Gasteiger partial charge in [0.25, 0.3) is 5.91 Å². The van der Waals surface area contributed by atoms with Crippen LogP contribution < -0.4 is 9.64 Å². The Labute approximate surface area is 169 Å². The summed E-state index contributed by atoms with van der Waals surface area (Å²) in [6.45, 7) is 1.96. The van der Waals surface area contributed by atoms with Crippen molar-refractivity contribution in [3.63, 3.8) is 0 Å². The van der Waals surface area contributed by atoms with Crippen molar-refractivity contribution in [2.24, 2.45) is 4.99 Å². The Kier molecular flexibility index (Phi) is 4.96. The molecule has 3 aromatic carbocycles. The molecule has 1 unspecified atom stereocenters. The summed E-state index contributed by atoms with van der Waals surface area (Å²) in [5.41, 5.74) is 3.50. The summed E-state index contributed by atoms with van der Waals surface area (Å²) < 4.78 is 5.16. The smallest absolute Gasteiger partial charge is 0.265 e. The highest BCUT2D eigenvalue weighted by atomic mass is 16.5. The minimum Gasteiger partial charge on any atom is -0.497 e. The Bertz CT molecular complexity index is 1090. The lowest BCUT2D eigenvalue weighted by Gasteiger charge is -2.31. The van der Waals surface area contributed by atoms with Gasteiger partial charge in [-0.25, -0.2) is 4.90 Å². The van der Waals surface area contributed by atoms with Crippen LogP contribution in [0.4, 0.5) is 11.4 Å². The summed E-state index contributed by atoms with van der Waals surface area (Å²) in [5, 5.41) is 0. The molecule has 5 heteroatoms. The molecular weight excluding hydrogens is 364 g/mol. The van der Waals surface area contributed by atoms with E-state index in [0.717, 1.165) is 11.3 Å². The van der Waals surface area contributed by atoms with E-state index < -0.39 is 5.92 Å². The van der Waals surface area contributed by atoms with Gasteiger partial charge in [-0.15, -0.1) is 0 Å². The van der Waals surface area contributed by atoms with E-state index in [1.54, 1.807) is 37.6 Å². The van der Waals surface area contributed by atoms with Crippen molar-refractivity contribution in [2.75, 3.05) is 12.0 Å². The molecule has 0 radical (unpaired) electrons. The zero-order valence-electron chi connectivity index (χ0n) is 16.2. The van der Waals surface area contributed by atoms with Crippen molar-refractivity contribution >= 4 is 29.4 Å². The number of ether oxygens (including phenoxy) is 1. The Hall–Kier alpha value is -3.73. The van der Waals surface area contributed by atoms with Crippen molar-refractivity contribution in [3.8, 4) is 5.75 Å². The molecule has 1 aliphatic rings. The predicted molar refractivity (Wildman–Crippen MR) is 113 cm³/mol. The number of benzene rings is 3. The van der Waals surface area contributed by atoms with Crippen LogP contribution in [-0.4, -0.2) is 25.1 Å². The first-order valence-electron chi connectivity index (χ1n) is 9.30. The third kappa shape index (κ3) is 3.55. The zero-order valence-corrected chi connectivity index (χ0v) is 16.2. The van der Waals surface area contributed by atoms with Gasteiger partial charge < -0.3 is 4.74 Å². The van der Waals surface area contributed by atoms with E-state index in [1.165, 1.54) is 4.90 Å². The number of rotatable bonds is 4. The number of carbonyl (C=O) groups is 2. The normalized spacial score (nSPS) is 16.2. The van der Waals surface area contributed by atoms with E-state index in [0.29, 0.717) is 22.5 Å². The van der Waals surface area contributed by atoms with Gasteiger partial charge in [-0.05, 0) is 55.0 Å². The molecule has 4 rings (SSSR count). The highest BCUT2D eigenvalue weighted by Gasteiger charge is 2.38. The lowest BCUT2D eigenvalue weighted by molar-refractivity contribution is -0.118. The molecule has 0 saturated carbocycles. The first-order valence-corrected chi connectivity index (χ1v) is 9.30.